The molecule has 0 heterocycles. The van der Waals surface area contributed by atoms with Crippen LogP contribution >= 0.6 is 0 Å². The molecule has 2 rings (SSSR count). The number of unbranched alkanes of at least 4 members (excludes halogenated alkanes) is 2. The molecule has 150 valence electrons. The summed E-state index contributed by atoms with van der Waals surface area (Å²) >= 11 is 0. The molecule has 4 nitrogen and oxygen atoms in total. The number of primary amides is 1. The highest BCUT2D eigenvalue weighted by Crippen LogP contribution is 2.51. The number of hydrogen-bond donors (Lipinski definition) is 2. The van der Waals surface area contributed by atoms with Gasteiger partial charge in [-0.1, -0.05) is 43.6 Å². The molecule has 3 N–H and O–H groups in total. The van der Waals surface area contributed by atoms with Gasteiger partial charge in [0.25, 0.3) is 0 Å². The Bertz CT molecular complexity index is 673. The number of nitrogens with two attached hydrogens (primary N) is 1. The molecule has 1 amide bonds. The average Bonchev–Trinajstić information content (AvgIpc) is 2.58. The summed E-state index contributed by atoms with van der Waals surface area (Å²) in [6.45, 7) is 12.5. The van der Waals surface area contributed by atoms with Crippen LogP contribution < -0.4 is 5.73 Å². The molecule has 0 radical (unpaired) electrons. The smallest absolute Gasteiger partial charge is 0.405 e. The number of allylic oxidation sites excluding steroid dienone is 5. The number of hydrogen-bond acceptors (Lipinski definition) is 3. The first-order valence-corrected chi connectivity index (χ1v) is 10.1. The second-order valence-corrected chi connectivity index (χ2v) is 8.40. The van der Waals surface area contributed by atoms with Crippen molar-refractivity contribution < 1.29 is 14.6 Å². The fourth-order valence-electron chi connectivity index (χ4n) is 4.48. The summed E-state index contributed by atoms with van der Waals surface area (Å²) in [5.74, 6) is 0.492. The largest absolute Gasteiger partial charge is 0.512 e. The van der Waals surface area contributed by atoms with Gasteiger partial charge in [-0.3, -0.25) is 0 Å². The van der Waals surface area contributed by atoms with Crippen LogP contribution in [0, 0.1) is 17.3 Å². The zero-order chi connectivity index (χ0) is 20.2. The van der Waals surface area contributed by atoms with Crippen molar-refractivity contribution in [1.29, 1.82) is 0 Å². The number of carbonyl (C=O) groups excluding carboxylic acids is 1. The van der Waals surface area contributed by atoms with Crippen LogP contribution in [0.1, 0.15) is 66.2 Å². The van der Waals surface area contributed by atoms with Crippen LogP contribution in [0.5, 0.6) is 0 Å². The van der Waals surface area contributed by atoms with Gasteiger partial charge in [-0.2, -0.15) is 0 Å². The van der Waals surface area contributed by atoms with Crippen molar-refractivity contribution >= 4 is 6.09 Å². The van der Waals surface area contributed by atoms with Gasteiger partial charge < -0.3 is 15.6 Å². The molecule has 2 aliphatic carbocycles. The lowest BCUT2D eigenvalue weighted by Crippen LogP contribution is -2.47. The maximum Gasteiger partial charge on any atom is 0.405 e. The van der Waals surface area contributed by atoms with Gasteiger partial charge in [-0.25, -0.2) is 4.79 Å². The quantitative estimate of drug-likeness (QED) is 0.427. The average molecular weight is 374 g/mol. The van der Waals surface area contributed by atoms with Crippen molar-refractivity contribution in [2.45, 2.75) is 72.3 Å². The normalized spacial score (nSPS) is 30.8. The third kappa shape index (κ3) is 4.66. The number of aliphatic hydroxyl groups is 1. The summed E-state index contributed by atoms with van der Waals surface area (Å²) in [5.41, 5.74) is 8.02. The lowest BCUT2D eigenvalue weighted by atomic mass is 9.59. The van der Waals surface area contributed by atoms with Gasteiger partial charge in [-0.05, 0) is 76.0 Å². The Morgan fingerprint density at radius 1 is 1.41 bits per heavy atom. The molecule has 0 saturated carbocycles. The van der Waals surface area contributed by atoms with Crippen LogP contribution in [-0.4, -0.2) is 17.3 Å². The maximum atomic E-state index is 11.6. The minimum absolute atomic E-state index is 0.00204. The Hall–Kier alpha value is -1.97. The molecule has 2 aliphatic rings. The number of carbonyl (C=O) groups is 1. The third-order valence-electron chi connectivity index (χ3n) is 6.22. The van der Waals surface area contributed by atoms with Crippen LogP contribution in [0.15, 0.2) is 47.3 Å². The Labute approximate surface area is 163 Å². The van der Waals surface area contributed by atoms with Gasteiger partial charge in [-0.15, -0.1) is 0 Å². The summed E-state index contributed by atoms with van der Waals surface area (Å²) in [4.78, 5) is 11.6. The van der Waals surface area contributed by atoms with Gasteiger partial charge in [0, 0.05) is 0 Å². The van der Waals surface area contributed by atoms with Gasteiger partial charge in [0.1, 0.15) is 11.9 Å². The molecular formula is C23H35NO3. The van der Waals surface area contributed by atoms with Crippen molar-refractivity contribution in [2.75, 3.05) is 0 Å². The highest BCUT2D eigenvalue weighted by Gasteiger charge is 2.50. The minimum atomic E-state index is -0.812. The van der Waals surface area contributed by atoms with Crippen molar-refractivity contribution in [3.8, 4) is 0 Å². The first-order valence-electron chi connectivity index (χ1n) is 10.1. The molecule has 0 aliphatic heterocycles. The van der Waals surface area contributed by atoms with E-state index in [9.17, 15) is 9.90 Å². The molecule has 0 aromatic carbocycles. The topological polar surface area (TPSA) is 72.6 Å². The van der Waals surface area contributed by atoms with Crippen LogP contribution in [0.25, 0.3) is 0 Å². The third-order valence-corrected chi connectivity index (χ3v) is 6.22. The van der Waals surface area contributed by atoms with E-state index >= 15 is 0 Å². The Morgan fingerprint density at radius 3 is 2.70 bits per heavy atom. The standard InChI is InChI=1S/C23H35NO3/c1-6-7-8-9-17-13-20(25)23(5,21(14-17)27-22(24)26)19-12-16(4)10-11-18(19)15(2)3/h12-14,18-19,21,25H,2,6-11H2,1,3-5H3,(H2,24,26)/t18-,19+,21?,23?/m0/s1. The van der Waals surface area contributed by atoms with E-state index in [1.807, 2.05) is 26.0 Å². The highest BCUT2D eigenvalue weighted by molar-refractivity contribution is 5.65. The molecule has 0 aromatic heterocycles. The number of aliphatic hydroxyl groups excluding tert-OH is 1. The summed E-state index contributed by atoms with van der Waals surface area (Å²) in [7, 11) is 0. The van der Waals surface area contributed by atoms with Crippen LogP contribution in [0.3, 0.4) is 0 Å². The Balaban J connectivity index is 2.44. The second kappa shape index (κ2) is 8.81. The Kier molecular flexibility index (Phi) is 6.96. The fraction of sp³-hybridized carbons (Fsp3) is 0.609. The summed E-state index contributed by atoms with van der Waals surface area (Å²) in [6, 6.07) is 0. The molecule has 27 heavy (non-hydrogen) atoms. The van der Waals surface area contributed by atoms with E-state index in [4.69, 9.17) is 10.5 Å². The first kappa shape index (κ1) is 21.3. The van der Waals surface area contributed by atoms with E-state index in [1.165, 1.54) is 5.57 Å². The monoisotopic (exact) mass is 373 g/mol. The molecule has 0 aromatic rings. The predicted octanol–water partition coefficient (Wildman–Crippen LogP) is 5.97. The van der Waals surface area contributed by atoms with Gasteiger partial charge >= 0.3 is 6.09 Å². The van der Waals surface area contributed by atoms with E-state index in [0.717, 1.165) is 49.7 Å². The first-order chi connectivity index (χ1) is 12.7. The lowest BCUT2D eigenvalue weighted by molar-refractivity contribution is 0.00382. The van der Waals surface area contributed by atoms with Crippen molar-refractivity contribution in [2.24, 2.45) is 23.0 Å². The van der Waals surface area contributed by atoms with E-state index in [2.05, 4.69) is 26.5 Å². The molecule has 0 bridgehead atoms. The van der Waals surface area contributed by atoms with Crippen LogP contribution in [0.4, 0.5) is 4.79 Å². The Morgan fingerprint density at radius 2 is 2.11 bits per heavy atom. The minimum Gasteiger partial charge on any atom is -0.512 e. The molecule has 0 fully saturated rings. The van der Waals surface area contributed by atoms with Crippen LogP contribution in [-0.2, 0) is 4.74 Å². The SMILES string of the molecule is C=C(C)[C@@H]1CCC(C)=C[C@H]1C1(C)C(O)=CC(CCCCC)=CC1OC(N)=O. The highest BCUT2D eigenvalue weighted by atomic mass is 16.6. The fourth-order valence-corrected chi connectivity index (χ4v) is 4.48. The molecule has 0 saturated heterocycles. The van der Waals surface area contributed by atoms with E-state index in [0.29, 0.717) is 0 Å². The van der Waals surface area contributed by atoms with Crippen molar-refractivity contribution in [1.82, 2.24) is 0 Å². The predicted molar refractivity (Wildman–Crippen MR) is 110 cm³/mol. The van der Waals surface area contributed by atoms with Gasteiger partial charge in [0.2, 0.25) is 0 Å². The molecular weight excluding hydrogens is 338 g/mol. The zero-order valence-corrected chi connectivity index (χ0v) is 17.3. The number of rotatable bonds is 7. The van der Waals surface area contributed by atoms with Gasteiger partial charge in [0.15, 0.2) is 0 Å². The maximum absolute atomic E-state index is 11.6. The summed E-state index contributed by atoms with van der Waals surface area (Å²) in [6.07, 6.45) is 10.8. The summed E-state index contributed by atoms with van der Waals surface area (Å²) in [5, 5.41) is 11.1. The second-order valence-electron chi connectivity index (χ2n) is 8.40. The van der Waals surface area contributed by atoms with Crippen molar-refractivity contribution in [3.05, 3.63) is 47.3 Å². The lowest BCUT2D eigenvalue weighted by Gasteiger charge is -2.47. The zero-order valence-electron chi connectivity index (χ0n) is 17.3. The summed E-state index contributed by atoms with van der Waals surface area (Å²) < 4.78 is 5.53. The van der Waals surface area contributed by atoms with E-state index < -0.39 is 17.6 Å². The van der Waals surface area contributed by atoms with E-state index in [-0.39, 0.29) is 17.6 Å². The van der Waals surface area contributed by atoms with Crippen LogP contribution in [0.2, 0.25) is 0 Å². The molecule has 4 heteroatoms. The van der Waals surface area contributed by atoms with Crippen molar-refractivity contribution in [3.63, 3.8) is 0 Å². The molecule has 4 atom stereocenters. The molecule has 2 unspecified atom stereocenters. The molecule has 0 spiro atoms. The van der Waals surface area contributed by atoms with E-state index in [1.54, 1.807) is 0 Å². The number of amides is 1. The van der Waals surface area contributed by atoms with Gasteiger partial charge in [0.05, 0.1) is 5.41 Å². The number of ether oxygens (including phenoxy) is 1.